The summed E-state index contributed by atoms with van der Waals surface area (Å²) in [5.74, 6) is 0. The van der Waals surface area contributed by atoms with E-state index in [9.17, 15) is 9.59 Å². The van der Waals surface area contributed by atoms with Crippen LogP contribution in [-0.2, 0) is 5.41 Å². The monoisotopic (exact) mass is 594 g/mol. The molecule has 2 aromatic heterocycles. The Morgan fingerprint density at radius 1 is 0.395 bits per heavy atom. The van der Waals surface area contributed by atoms with Crippen molar-refractivity contribution in [1.82, 2.24) is 9.97 Å². The number of rotatable bonds is 8. The van der Waals surface area contributed by atoms with Gasteiger partial charge in [0.2, 0.25) is 0 Å². The molecule has 0 aliphatic carbocycles. The Balaban J connectivity index is 1.47. The summed E-state index contributed by atoms with van der Waals surface area (Å²) in [7, 11) is -6.77. The molecule has 2 heterocycles. The van der Waals surface area contributed by atoms with Gasteiger partial charge in [-0.05, 0) is 58.9 Å². The number of aromatic nitrogens is 2. The van der Waals surface area contributed by atoms with Crippen molar-refractivity contribution in [3.63, 3.8) is 0 Å². The lowest BCUT2D eigenvalue weighted by molar-refractivity contribution is 0.573. The highest BCUT2D eigenvalue weighted by Gasteiger charge is 2.42. The van der Waals surface area contributed by atoms with E-state index in [1.165, 1.54) is 0 Å². The summed E-state index contributed by atoms with van der Waals surface area (Å²) in [6.07, 6.45) is 0. The second-order valence-electron chi connectivity index (χ2n) is 11.3. The van der Waals surface area contributed by atoms with Crippen molar-refractivity contribution in [1.29, 1.82) is 0 Å². The normalized spacial score (nSPS) is 12.2. The fourth-order valence-corrected chi connectivity index (χ4v) is 11.5. The Bertz CT molecular complexity index is 1600. The van der Waals surface area contributed by atoms with E-state index in [1.54, 1.807) is 0 Å². The van der Waals surface area contributed by atoms with E-state index in [0.717, 1.165) is 32.1 Å². The number of benzene rings is 4. The first-order valence-electron chi connectivity index (χ1n) is 14.5. The van der Waals surface area contributed by atoms with Crippen LogP contribution < -0.4 is 31.4 Å². The molecule has 0 spiro atoms. The van der Waals surface area contributed by atoms with E-state index in [4.69, 9.17) is 9.97 Å². The summed E-state index contributed by atoms with van der Waals surface area (Å²) in [6, 6.07) is 51.3. The molecule has 0 amide bonds. The lowest BCUT2D eigenvalue weighted by Gasteiger charge is -2.30. The van der Waals surface area contributed by atoms with Gasteiger partial charge in [-0.2, -0.15) is 0 Å². The number of hydrogen-bond acceptors (Lipinski definition) is 4. The van der Waals surface area contributed by atoms with Crippen molar-refractivity contribution >= 4 is 48.0 Å². The first-order valence-corrected chi connectivity index (χ1v) is 18.4. The molecular weight excluding hydrogens is 561 g/mol. The van der Waals surface area contributed by atoms with E-state index < -0.39 is 22.0 Å². The van der Waals surface area contributed by atoms with Crippen molar-refractivity contribution in [3.05, 3.63) is 169 Å². The van der Waals surface area contributed by atoms with Crippen LogP contribution in [0.3, 0.4) is 0 Å². The molecule has 0 unspecified atom stereocenters. The maximum Gasteiger partial charge on any atom is 0.304 e. The third-order valence-electron chi connectivity index (χ3n) is 8.29. The van der Waals surface area contributed by atoms with Gasteiger partial charge in [-0.15, -0.1) is 0 Å². The Labute approximate surface area is 255 Å². The predicted octanol–water partition coefficient (Wildman–Crippen LogP) is 2.72. The van der Waals surface area contributed by atoms with Crippen molar-refractivity contribution in [2.45, 2.75) is 19.3 Å². The molecule has 6 heteroatoms. The zero-order valence-electron chi connectivity index (χ0n) is 24.3. The number of hydrogen-bond donors (Lipinski definition) is 2. The highest BCUT2D eigenvalue weighted by Crippen LogP contribution is 2.28. The maximum absolute atomic E-state index is 12.5. The van der Waals surface area contributed by atoms with Crippen LogP contribution in [0.4, 0.5) is 0 Å². The summed E-state index contributed by atoms with van der Waals surface area (Å²) < 4.78 is 0. The first-order chi connectivity index (χ1) is 20.8. The molecule has 4 nitrogen and oxygen atoms in total. The van der Waals surface area contributed by atoms with Crippen LogP contribution in [0, 0.1) is 0 Å². The smallest absolute Gasteiger partial charge is 0.304 e. The summed E-state index contributed by atoms with van der Waals surface area (Å²) in [5.41, 5.74) is 0.992. The van der Waals surface area contributed by atoms with E-state index >= 15 is 0 Å². The summed E-state index contributed by atoms with van der Waals surface area (Å²) in [6.45, 7) is 4.20. The lowest BCUT2D eigenvalue weighted by Crippen LogP contribution is -2.68. The van der Waals surface area contributed by atoms with E-state index in [1.807, 2.05) is 158 Å². The van der Waals surface area contributed by atoms with Gasteiger partial charge in [-0.1, -0.05) is 133 Å². The molecule has 6 rings (SSSR count). The van der Waals surface area contributed by atoms with Gasteiger partial charge in [-0.3, -0.25) is 9.97 Å². The van der Waals surface area contributed by atoms with Crippen LogP contribution in [0.2, 0.25) is 0 Å². The third kappa shape index (κ3) is 5.19. The molecule has 43 heavy (non-hydrogen) atoms. The first kappa shape index (κ1) is 28.6. The Morgan fingerprint density at radius 3 is 0.953 bits per heavy atom. The summed E-state index contributed by atoms with van der Waals surface area (Å²) in [4.78, 5) is 35.4. The average Bonchev–Trinajstić information content (AvgIpc) is 3.09. The fraction of sp³-hybridized carbons (Fsp3) is 0.0811. The molecule has 0 aliphatic heterocycles. The van der Waals surface area contributed by atoms with Gasteiger partial charge < -0.3 is 9.59 Å². The summed E-state index contributed by atoms with van der Waals surface area (Å²) >= 11 is 0. The van der Waals surface area contributed by atoms with Gasteiger partial charge in [-0.25, -0.2) is 0 Å². The minimum atomic E-state index is -3.38. The molecule has 0 fully saturated rings. The van der Waals surface area contributed by atoms with E-state index in [2.05, 4.69) is 13.8 Å². The SMILES string of the molecule is CC(C)(c1cccc([Si](O)(c2ccccc2)c2ccccc2)n1)c1cccc([Si](O)(c2ccccc2)c2ccccc2)n1. The van der Waals surface area contributed by atoms with Crippen LogP contribution in [0.25, 0.3) is 0 Å². The Morgan fingerprint density at radius 2 is 0.674 bits per heavy atom. The average molecular weight is 595 g/mol. The summed E-state index contributed by atoms with van der Waals surface area (Å²) in [5, 5.41) is 4.87. The van der Waals surface area contributed by atoms with Gasteiger partial charge in [0, 0.05) is 5.41 Å². The quantitative estimate of drug-likeness (QED) is 0.266. The minimum absolute atomic E-state index is 0.614. The molecule has 0 saturated heterocycles. The maximum atomic E-state index is 12.5. The van der Waals surface area contributed by atoms with Gasteiger partial charge >= 0.3 is 16.6 Å². The molecule has 2 N–H and O–H groups in total. The number of nitrogens with zero attached hydrogens (tertiary/aromatic N) is 2. The molecule has 0 atom stereocenters. The molecule has 0 aliphatic rings. The van der Waals surface area contributed by atoms with Crippen molar-refractivity contribution in [3.8, 4) is 0 Å². The third-order valence-corrected chi connectivity index (χ3v) is 15.0. The van der Waals surface area contributed by atoms with Crippen LogP contribution in [0.1, 0.15) is 25.2 Å². The van der Waals surface area contributed by atoms with Gasteiger partial charge in [0.1, 0.15) is 0 Å². The van der Waals surface area contributed by atoms with E-state index in [0.29, 0.717) is 10.6 Å². The molecule has 4 aromatic carbocycles. The van der Waals surface area contributed by atoms with Crippen molar-refractivity contribution in [2.24, 2.45) is 0 Å². The zero-order valence-corrected chi connectivity index (χ0v) is 26.3. The Hall–Kier alpha value is -4.47. The van der Waals surface area contributed by atoms with Crippen LogP contribution in [0.15, 0.2) is 158 Å². The second kappa shape index (κ2) is 11.7. The fourth-order valence-electron chi connectivity index (χ4n) is 5.74. The van der Waals surface area contributed by atoms with E-state index in [-0.39, 0.29) is 0 Å². The topological polar surface area (TPSA) is 66.2 Å². The Kier molecular flexibility index (Phi) is 7.77. The van der Waals surface area contributed by atoms with Crippen molar-refractivity contribution < 1.29 is 9.59 Å². The predicted molar refractivity (Wildman–Crippen MR) is 180 cm³/mol. The highest BCUT2D eigenvalue weighted by atomic mass is 28.4. The molecule has 212 valence electrons. The lowest BCUT2D eigenvalue weighted by atomic mass is 9.85. The van der Waals surface area contributed by atoms with Crippen LogP contribution >= 0.6 is 0 Å². The van der Waals surface area contributed by atoms with Crippen LogP contribution in [0.5, 0.6) is 0 Å². The van der Waals surface area contributed by atoms with Crippen molar-refractivity contribution in [2.75, 3.05) is 0 Å². The second-order valence-corrected chi connectivity index (χ2v) is 17.5. The number of pyridine rings is 2. The largest absolute Gasteiger partial charge is 0.420 e. The van der Waals surface area contributed by atoms with Gasteiger partial charge in [0.15, 0.2) is 0 Å². The minimum Gasteiger partial charge on any atom is -0.420 e. The molecule has 6 aromatic rings. The standard InChI is InChI=1S/C37H34N2O2Si2/c1-37(2,33-25-15-27-35(38-33)42(40,29-17-7-3-8-18-29)30-19-9-4-10-20-30)34-26-16-28-36(39-34)43(41,31-21-11-5-12-22-31)32-23-13-6-14-24-32/h3-28,40-41H,1-2H3. The molecule has 0 bridgehead atoms. The van der Waals surface area contributed by atoms with Crippen LogP contribution in [-0.4, -0.2) is 36.2 Å². The molecule has 0 radical (unpaired) electrons. The van der Waals surface area contributed by atoms with Gasteiger partial charge in [0.05, 0.1) is 22.0 Å². The van der Waals surface area contributed by atoms with Gasteiger partial charge in [0.25, 0.3) is 0 Å². The highest BCUT2D eigenvalue weighted by molar-refractivity contribution is 7.06. The zero-order chi connectivity index (χ0) is 29.9. The molecule has 0 saturated carbocycles. The molecular formula is C37H34N2O2Si2.